The van der Waals surface area contributed by atoms with E-state index < -0.39 is 0 Å². The summed E-state index contributed by atoms with van der Waals surface area (Å²) in [4.78, 5) is 33.2. The Morgan fingerprint density at radius 1 is 0.972 bits per heavy atom. The lowest BCUT2D eigenvalue weighted by Gasteiger charge is -2.42. The molecule has 1 fully saturated rings. The van der Waals surface area contributed by atoms with Gasteiger partial charge in [0.15, 0.2) is 10.9 Å². The molecule has 36 heavy (non-hydrogen) atoms. The quantitative estimate of drug-likeness (QED) is 0.163. The molecule has 0 N–H and O–H groups in total. The molecule has 0 bridgehead atoms. The Kier molecular flexibility index (Phi) is 6.40. The number of ketones is 1. The fraction of sp³-hybridized carbons (Fsp3) is 0.300. The Morgan fingerprint density at radius 2 is 1.75 bits per heavy atom. The minimum Gasteiger partial charge on any atom is -0.292 e. The van der Waals surface area contributed by atoms with Crippen LogP contribution in [-0.2, 0) is 18.4 Å². The van der Waals surface area contributed by atoms with Crippen molar-refractivity contribution in [2.24, 2.45) is 0 Å². The third kappa shape index (κ3) is 4.27. The van der Waals surface area contributed by atoms with E-state index in [-0.39, 0.29) is 22.5 Å². The number of thioether (sulfide) groups is 1. The molecular formula is C30H28N2O2S2. The van der Waals surface area contributed by atoms with Crippen LogP contribution < -0.4 is 5.56 Å². The Balaban J connectivity index is 1.51. The van der Waals surface area contributed by atoms with Gasteiger partial charge in [-0.3, -0.25) is 14.2 Å². The molecule has 0 unspecified atom stereocenters. The summed E-state index contributed by atoms with van der Waals surface area (Å²) in [6.45, 7) is 0.452. The van der Waals surface area contributed by atoms with Crippen molar-refractivity contribution in [1.82, 2.24) is 9.55 Å². The molecule has 1 saturated carbocycles. The molecule has 4 aromatic rings. The first-order chi connectivity index (χ1) is 17.6. The highest BCUT2D eigenvalue weighted by Gasteiger charge is 2.43. The average Bonchev–Trinajstić information content (AvgIpc) is 3.45. The summed E-state index contributed by atoms with van der Waals surface area (Å²) in [7, 11) is 0. The second-order valence-corrected chi connectivity index (χ2v) is 11.7. The highest BCUT2D eigenvalue weighted by atomic mass is 32.2. The number of thiophene rings is 1. The molecule has 0 amide bonds. The van der Waals surface area contributed by atoms with Crippen molar-refractivity contribution in [3.63, 3.8) is 0 Å². The van der Waals surface area contributed by atoms with Gasteiger partial charge in [-0.25, -0.2) is 4.98 Å². The zero-order valence-corrected chi connectivity index (χ0v) is 21.7. The molecule has 2 aromatic heterocycles. The van der Waals surface area contributed by atoms with Crippen LogP contribution in [0.2, 0.25) is 0 Å². The van der Waals surface area contributed by atoms with Crippen molar-refractivity contribution in [2.75, 3.05) is 5.75 Å². The van der Waals surface area contributed by atoms with Gasteiger partial charge in [-0.1, -0.05) is 91.7 Å². The van der Waals surface area contributed by atoms with Gasteiger partial charge >= 0.3 is 0 Å². The number of carbonyl (C=O) groups is 1. The Labute approximate surface area is 219 Å². The van der Waals surface area contributed by atoms with Gasteiger partial charge in [-0.15, -0.1) is 11.3 Å². The average molecular weight is 513 g/mol. The first-order valence-corrected chi connectivity index (χ1v) is 14.5. The highest BCUT2D eigenvalue weighted by Crippen LogP contribution is 2.48. The number of nitrogens with zero attached hydrogens (tertiary/aromatic N) is 2. The zero-order chi connectivity index (χ0) is 24.5. The lowest BCUT2D eigenvalue weighted by atomic mass is 9.62. The van der Waals surface area contributed by atoms with Crippen molar-refractivity contribution in [3.05, 3.63) is 104 Å². The first kappa shape index (κ1) is 23.4. The summed E-state index contributed by atoms with van der Waals surface area (Å²) in [6, 6.07) is 22.2. The van der Waals surface area contributed by atoms with Crippen LogP contribution in [0.25, 0.3) is 11.3 Å². The van der Waals surface area contributed by atoms with Crippen LogP contribution >= 0.6 is 23.1 Å². The van der Waals surface area contributed by atoms with Gasteiger partial charge in [-0.05, 0) is 41.8 Å². The number of Topliss-reactive ketones (excluding diaryl/α,β-unsaturated/α-hetero) is 1. The minimum absolute atomic E-state index is 0.0614. The maximum Gasteiger partial charge on any atom is 0.258 e. The number of carbonyl (C=O) groups excluding carboxylic acids is 1. The Morgan fingerprint density at radius 3 is 2.53 bits per heavy atom. The van der Waals surface area contributed by atoms with Crippen molar-refractivity contribution in [1.29, 1.82) is 0 Å². The summed E-state index contributed by atoms with van der Waals surface area (Å²) in [5.41, 5.74) is 5.04. The van der Waals surface area contributed by atoms with Crippen molar-refractivity contribution < 1.29 is 4.79 Å². The summed E-state index contributed by atoms with van der Waals surface area (Å²) in [5.74, 6) is 0.324. The van der Waals surface area contributed by atoms with Gasteiger partial charge in [0.05, 0.1) is 28.4 Å². The van der Waals surface area contributed by atoms with Crippen LogP contribution in [0.3, 0.4) is 0 Å². The van der Waals surface area contributed by atoms with Crippen LogP contribution in [-0.4, -0.2) is 21.1 Å². The molecule has 2 aliphatic carbocycles. The van der Waals surface area contributed by atoms with E-state index in [9.17, 15) is 9.59 Å². The molecule has 0 saturated heterocycles. The molecule has 6 rings (SSSR count). The van der Waals surface area contributed by atoms with Gasteiger partial charge in [0.25, 0.3) is 5.56 Å². The number of rotatable bonds is 6. The first-order valence-electron chi connectivity index (χ1n) is 12.6. The number of hydrogen-bond donors (Lipinski definition) is 0. The van der Waals surface area contributed by atoms with Gasteiger partial charge < -0.3 is 0 Å². The summed E-state index contributed by atoms with van der Waals surface area (Å²) >= 11 is 2.83. The van der Waals surface area contributed by atoms with Crippen LogP contribution in [0, 0.1) is 0 Å². The van der Waals surface area contributed by atoms with E-state index in [0.29, 0.717) is 11.7 Å². The van der Waals surface area contributed by atoms with E-state index in [1.54, 1.807) is 0 Å². The number of fused-ring (bicyclic) bond motifs is 4. The van der Waals surface area contributed by atoms with Gasteiger partial charge in [0.2, 0.25) is 0 Å². The molecular weight excluding hydrogens is 484 g/mol. The summed E-state index contributed by atoms with van der Waals surface area (Å²) < 4.78 is 1.82. The minimum atomic E-state index is -0.152. The van der Waals surface area contributed by atoms with Crippen molar-refractivity contribution in [3.8, 4) is 11.3 Å². The lowest BCUT2D eigenvalue weighted by Crippen LogP contribution is -2.43. The molecule has 182 valence electrons. The molecule has 4 nitrogen and oxygen atoms in total. The van der Waals surface area contributed by atoms with Crippen LogP contribution in [0.1, 0.15) is 58.5 Å². The maximum atomic E-state index is 14.4. The second-order valence-electron chi connectivity index (χ2n) is 9.86. The zero-order valence-electron chi connectivity index (χ0n) is 20.1. The van der Waals surface area contributed by atoms with E-state index in [1.165, 1.54) is 35.1 Å². The van der Waals surface area contributed by atoms with E-state index in [2.05, 4.69) is 18.2 Å². The van der Waals surface area contributed by atoms with Crippen LogP contribution in [0.15, 0.2) is 82.1 Å². The third-order valence-electron chi connectivity index (χ3n) is 7.59. The molecule has 0 radical (unpaired) electrons. The number of benzene rings is 2. The van der Waals surface area contributed by atoms with Crippen molar-refractivity contribution in [2.45, 2.75) is 55.6 Å². The van der Waals surface area contributed by atoms with Crippen molar-refractivity contribution >= 4 is 28.9 Å². The van der Waals surface area contributed by atoms with Gasteiger partial charge in [0, 0.05) is 11.0 Å². The SMILES string of the molecule is O=C(CSc1nc2c(c(=O)n1Cc1ccccc1)C1(CCCCC1)Cc1ccccc1-2)c1cccs1. The Hall–Kier alpha value is -2.96. The summed E-state index contributed by atoms with van der Waals surface area (Å²) in [5, 5.41) is 2.54. The topological polar surface area (TPSA) is 52.0 Å². The number of aromatic nitrogens is 2. The van der Waals surface area contributed by atoms with E-state index in [4.69, 9.17) is 4.98 Å². The van der Waals surface area contributed by atoms with Gasteiger partial charge in [-0.2, -0.15) is 0 Å². The molecule has 0 aliphatic heterocycles. The van der Waals surface area contributed by atoms with E-state index in [0.717, 1.165) is 59.4 Å². The molecule has 1 spiro atoms. The van der Waals surface area contributed by atoms with E-state index >= 15 is 0 Å². The van der Waals surface area contributed by atoms with Crippen LogP contribution in [0.5, 0.6) is 0 Å². The van der Waals surface area contributed by atoms with Crippen LogP contribution in [0.4, 0.5) is 0 Å². The fourth-order valence-electron chi connectivity index (χ4n) is 5.88. The third-order valence-corrected chi connectivity index (χ3v) is 9.48. The number of hydrogen-bond acceptors (Lipinski definition) is 5. The second kappa shape index (κ2) is 9.83. The predicted molar refractivity (Wildman–Crippen MR) is 147 cm³/mol. The molecule has 6 heteroatoms. The van der Waals surface area contributed by atoms with E-state index in [1.807, 2.05) is 58.5 Å². The fourth-order valence-corrected chi connectivity index (χ4v) is 7.51. The smallest absolute Gasteiger partial charge is 0.258 e. The monoisotopic (exact) mass is 512 g/mol. The largest absolute Gasteiger partial charge is 0.292 e. The molecule has 2 aliphatic rings. The highest BCUT2D eigenvalue weighted by molar-refractivity contribution is 7.99. The lowest BCUT2D eigenvalue weighted by molar-refractivity contribution is 0.102. The standard InChI is InChI=1S/C30H28N2O2S2/c33-24(25-14-9-17-35-25)20-36-29-31-27-23-13-6-5-12-22(23)18-30(15-7-2-8-16-30)26(27)28(34)32(29)19-21-10-3-1-4-11-21/h1,3-6,9-14,17H,2,7-8,15-16,18-20H2. The predicted octanol–water partition coefficient (Wildman–Crippen LogP) is 6.75. The normalized spacial score (nSPS) is 15.9. The molecule has 0 atom stereocenters. The molecule has 2 heterocycles. The summed E-state index contributed by atoms with van der Waals surface area (Å²) in [6.07, 6.45) is 6.47. The molecule has 2 aromatic carbocycles. The Bertz CT molecular complexity index is 1450. The van der Waals surface area contributed by atoms with Gasteiger partial charge in [0.1, 0.15) is 0 Å². The maximum absolute atomic E-state index is 14.4.